The fraction of sp³-hybridized carbons (Fsp3) is 0.381. The molecule has 1 N–H and O–H groups in total. The van der Waals surface area contributed by atoms with Crippen molar-refractivity contribution < 1.29 is 18.5 Å². The van der Waals surface area contributed by atoms with E-state index in [0.29, 0.717) is 41.7 Å². The maximum absolute atomic E-state index is 12.6. The Bertz CT molecular complexity index is 792. The number of nitrogens with one attached hydrogen (secondary N) is 1. The lowest BCUT2D eigenvalue weighted by Crippen LogP contribution is -2.12. The number of hydrogen-bond donors (Lipinski definition) is 1. The van der Waals surface area contributed by atoms with Gasteiger partial charge in [-0.25, -0.2) is 0 Å². The predicted octanol–water partition coefficient (Wildman–Crippen LogP) is 4.40. The number of amides is 1. The Balaban J connectivity index is 2.15. The quantitative estimate of drug-likeness (QED) is 0.654. The first-order valence-electron chi connectivity index (χ1n) is 9.13. The molecule has 0 aliphatic rings. The van der Waals surface area contributed by atoms with Crippen molar-refractivity contribution in [2.24, 2.45) is 0 Å². The summed E-state index contributed by atoms with van der Waals surface area (Å²) >= 11 is 0. The highest BCUT2D eigenvalue weighted by Crippen LogP contribution is 2.31. The Labute approximate surface area is 163 Å². The molecule has 1 atom stereocenters. The number of carbonyl (C=O) groups is 1. The van der Waals surface area contributed by atoms with Gasteiger partial charge in [0.05, 0.1) is 13.2 Å². The minimum absolute atomic E-state index is 0.220. The first-order chi connectivity index (χ1) is 13.0. The molecule has 0 saturated heterocycles. The lowest BCUT2D eigenvalue weighted by atomic mass is 10.1. The van der Waals surface area contributed by atoms with E-state index in [4.69, 9.17) is 9.47 Å². The van der Waals surface area contributed by atoms with Gasteiger partial charge in [-0.05, 0) is 42.7 Å². The molecular formula is C21H27NO4S. The minimum atomic E-state index is -0.950. The summed E-state index contributed by atoms with van der Waals surface area (Å²) in [7, 11) is -0.950. The summed E-state index contributed by atoms with van der Waals surface area (Å²) in [4.78, 5) is 12.6. The second-order valence-electron chi connectivity index (χ2n) is 6.23. The monoisotopic (exact) mass is 389 g/mol. The summed E-state index contributed by atoms with van der Waals surface area (Å²) in [5.74, 6) is 1.51. The molecule has 2 aromatic rings. The zero-order valence-electron chi connectivity index (χ0n) is 16.1. The predicted molar refractivity (Wildman–Crippen MR) is 110 cm³/mol. The number of carbonyl (C=O) groups excluding carboxylic acids is 1. The Morgan fingerprint density at radius 1 is 1.00 bits per heavy atom. The number of hydrogen-bond acceptors (Lipinski definition) is 4. The van der Waals surface area contributed by atoms with Crippen LogP contribution in [0.4, 0.5) is 5.69 Å². The van der Waals surface area contributed by atoms with E-state index in [1.54, 1.807) is 36.6 Å². The molecule has 5 nitrogen and oxygen atoms in total. The fourth-order valence-electron chi connectivity index (χ4n) is 2.48. The van der Waals surface area contributed by atoms with Gasteiger partial charge < -0.3 is 14.8 Å². The van der Waals surface area contributed by atoms with Crippen molar-refractivity contribution in [1.29, 1.82) is 0 Å². The number of rotatable bonds is 10. The van der Waals surface area contributed by atoms with Crippen LogP contribution in [-0.2, 0) is 16.6 Å². The second-order valence-corrected chi connectivity index (χ2v) is 7.67. The van der Waals surface area contributed by atoms with Crippen LogP contribution in [-0.4, -0.2) is 29.6 Å². The van der Waals surface area contributed by atoms with E-state index in [1.807, 2.05) is 26.0 Å². The maximum atomic E-state index is 12.6. The molecule has 0 aromatic heterocycles. The van der Waals surface area contributed by atoms with Gasteiger partial charge in [0.1, 0.15) is 0 Å². The van der Waals surface area contributed by atoms with Gasteiger partial charge in [0.15, 0.2) is 11.5 Å². The summed E-state index contributed by atoms with van der Waals surface area (Å²) < 4.78 is 22.9. The van der Waals surface area contributed by atoms with Gasteiger partial charge >= 0.3 is 0 Å². The van der Waals surface area contributed by atoms with Crippen molar-refractivity contribution in [3.8, 4) is 11.5 Å². The van der Waals surface area contributed by atoms with Gasteiger partial charge in [0.2, 0.25) is 0 Å². The second kappa shape index (κ2) is 10.7. The molecule has 0 heterocycles. The third kappa shape index (κ3) is 6.71. The smallest absolute Gasteiger partial charge is 0.255 e. The molecule has 0 spiro atoms. The van der Waals surface area contributed by atoms with Crippen LogP contribution in [0, 0.1) is 0 Å². The van der Waals surface area contributed by atoms with Gasteiger partial charge in [-0.3, -0.25) is 9.00 Å². The fourth-order valence-corrected chi connectivity index (χ4v) is 3.13. The molecule has 2 rings (SSSR count). The number of benzene rings is 2. The van der Waals surface area contributed by atoms with Crippen LogP contribution in [0.1, 0.15) is 42.6 Å². The molecule has 0 bridgehead atoms. The molecule has 2 aromatic carbocycles. The van der Waals surface area contributed by atoms with Crippen LogP contribution < -0.4 is 14.8 Å². The summed E-state index contributed by atoms with van der Waals surface area (Å²) in [6, 6.07) is 12.6. The summed E-state index contributed by atoms with van der Waals surface area (Å²) in [6.07, 6.45) is 3.44. The van der Waals surface area contributed by atoms with Gasteiger partial charge in [0.25, 0.3) is 5.91 Å². The van der Waals surface area contributed by atoms with Crippen molar-refractivity contribution in [3.63, 3.8) is 0 Å². The van der Waals surface area contributed by atoms with E-state index < -0.39 is 10.8 Å². The van der Waals surface area contributed by atoms with E-state index in [1.165, 1.54) is 0 Å². The Kier molecular flexibility index (Phi) is 8.33. The highest BCUT2D eigenvalue weighted by molar-refractivity contribution is 7.83. The van der Waals surface area contributed by atoms with Gasteiger partial charge in [0, 0.05) is 40.1 Å². The Hall–Kier alpha value is -2.34. The average Bonchev–Trinajstić information content (AvgIpc) is 2.65. The van der Waals surface area contributed by atoms with Crippen LogP contribution in [0.2, 0.25) is 0 Å². The molecule has 0 saturated carbocycles. The SMILES string of the molecule is CCCOc1ccc(NC(=O)c2cccc(CS(C)=O)c2)cc1OCCC. The van der Waals surface area contributed by atoms with E-state index in [2.05, 4.69) is 5.32 Å². The van der Waals surface area contributed by atoms with Crippen molar-refractivity contribution in [2.75, 3.05) is 24.8 Å². The summed E-state index contributed by atoms with van der Waals surface area (Å²) in [6.45, 7) is 5.27. The topological polar surface area (TPSA) is 64.6 Å². The lowest BCUT2D eigenvalue weighted by molar-refractivity contribution is 0.102. The molecule has 0 fully saturated rings. The van der Waals surface area contributed by atoms with Crippen LogP contribution in [0.25, 0.3) is 0 Å². The van der Waals surface area contributed by atoms with Crippen molar-refractivity contribution in [2.45, 2.75) is 32.4 Å². The van der Waals surface area contributed by atoms with E-state index in [0.717, 1.165) is 18.4 Å². The van der Waals surface area contributed by atoms with Crippen molar-refractivity contribution in [1.82, 2.24) is 0 Å². The maximum Gasteiger partial charge on any atom is 0.255 e. The zero-order valence-corrected chi connectivity index (χ0v) is 16.9. The Morgan fingerprint density at radius 3 is 2.37 bits per heavy atom. The standard InChI is InChI=1S/C21H27NO4S/c1-4-11-25-19-10-9-18(14-20(19)26-12-5-2)22-21(23)17-8-6-7-16(13-17)15-27(3)24/h6-10,13-14H,4-5,11-12,15H2,1-3H3,(H,22,23). The zero-order chi connectivity index (χ0) is 19.6. The third-order valence-corrected chi connectivity index (χ3v) is 4.42. The molecule has 27 heavy (non-hydrogen) atoms. The number of anilines is 1. The highest BCUT2D eigenvalue weighted by atomic mass is 32.2. The molecule has 146 valence electrons. The minimum Gasteiger partial charge on any atom is -0.490 e. The van der Waals surface area contributed by atoms with Gasteiger partial charge in [-0.1, -0.05) is 26.0 Å². The normalized spacial score (nSPS) is 11.7. The van der Waals surface area contributed by atoms with E-state index >= 15 is 0 Å². The molecule has 6 heteroatoms. The molecular weight excluding hydrogens is 362 g/mol. The van der Waals surface area contributed by atoms with Crippen LogP contribution in [0.3, 0.4) is 0 Å². The van der Waals surface area contributed by atoms with Crippen LogP contribution in [0.15, 0.2) is 42.5 Å². The molecule has 1 amide bonds. The van der Waals surface area contributed by atoms with Crippen molar-refractivity contribution >= 4 is 22.4 Å². The molecule has 1 unspecified atom stereocenters. The number of ether oxygens (including phenoxy) is 2. The molecule has 0 radical (unpaired) electrons. The van der Waals surface area contributed by atoms with Crippen LogP contribution in [0.5, 0.6) is 11.5 Å². The van der Waals surface area contributed by atoms with Gasteiger partial charge in [-0.15, -0.1) is 0 Å². The van der Waals surface area contributed by atoms with Gasteiger partial charge in [-0.2, -0.15) is 0 Å². The van der Waals surface area contributed by atoms with E-state index in [-0.39, 0.29) is 5.91 Å². The Morgan fingerprint density at radius 2 is 1.70 bits per heavy atom. The first kappa shape index (κ1) is 21.0. The summed E-state index contributed by atoms with van der Waals surface area (Å²) in [5.41, 5.74) is 2.04. The molecule has 0 aliphatic heterocycles. The molecule has 0 aliphatic carbocycles. The average molecular weight is 390 g/mol. The van der Waals surface area contributed by atoms with Crippen LogP contribution >= 0.6 is 0 Å². The first-order valence-corrected chi connectivity index (χ1v) is 10.9. The largest absolute Gasteiger partial charge is 0.490 e. The lowest BCUT2D eigenvalue weighted by Gasteiger charge is -2.14. The van der Waals surface area contributed by atoms with Crippen molar-refractivity contribution in [3.05, 3.63) is 53.6 Å². The third-order valence-electron chi connectivity index (χ3n) is 3.68. The summed E-state index contributed by atoms with van der Waals surface area (Å²) in [5, 5.41) is 2.89. The highest BCUT2D eigenvalue weighted by Gasteiger charge is 2.11. The van der Waals surface area contributed by atoms with E-state index in [9.17, 15) is 9.00 Å².